The molecule has 1 unspecified atom stereocenters. The maximum Gasteiger partial charge on any atom is 0.228 e. The molecule has 3 aliphatic rings. The molecule has 7 nitrogen and oxygen atoms in total. The van der Waals surface area contributed by atoms with E-state index in [2.05, 4.69) is 0 Å². The molecule has 0 bridgehead atoms. The predicted molar refractivity (Wildman–Crippen MR) is 132 cm³/mol. The highest BCUT2D eigenvalue weighted by molar-refractivity contribution is 6.02. The smallest absolute Gasteiger partial charge is 0.228 e. The van der Waals surface area contributed by atoms with Gasteiger partial charge in [0.1, 0.15) is 17.1 Å². The zero-order valence-corrected chi connectivity index (χ0v) is 20.8. The summed E-state index contributed by atoms with van der Waals surface area (Å²) in [6, 6.07) is 9.59. The molecule has 0 radical (unpaired) electrons. The third-order valence-corrected chi connectivity index (χ3v) is 7.79. The van der Waals surface area contributed by atoms with Gasteiger partial charge in [0, 0.05) is 38.9 Å². The van der Waals surface area contributed by atoms with E-state index >= 15 is 0 Å². The van der Waals surface area contributed by atoms with Gasteiger partial charge in [0.15, 0.2) is 5.78 Å². The average Bonchev–Trinajstić information content (AvgIpc) is 3.22. The quantitative estimate of drug-likeness (QED) is 0.669. The molecule has 2 saturated heterocycles. The molecule has 0 aliphatic carbocycles. The van der Waals surface area contributed by atoms with E-state index in [1.807, 2.05) is 56.0 Å². The summed E-state index contributed by atoms with van der Waals surface area (Å²) in [7, 11) is 1.58. The minimum atomic E-state index is -0.560. The number of amides is 2. The Morgan fingerprint density at radius 1 is 1.06 bits per heavy atom. The van der Waals surface area contributed by atoms with Gasteiger partial charge in [-0.25, -0.2) is 0 Å². The molecule has 3 aliphatic heterocycles. The molecule has 2 amide bonds. The molecule has 5 rings (SSSR count). The number of aryl methyl sites for hydroxylation is 3. The highest BCUT2D eigenvalue weighted by atomic mass is 16.5. The Morgan fingerprint density at radius 2 is 1.77 bits per heavy atom. The van der Waals surface area contributed by atoms with Crippen LogP contribution in [0.1, 0.15) is 52.7 Å². The molecular formula is C28H32N2O5. The molecule has 0 saturated carbocycles. The number of Topliss-reactive ketones (excluding diaryl/α,β-unsaturated/α-hetero) is 1. The van der Waals surface area contributed by atoms with Crippen LogP contribution in [-0.2, 0) is 9.59 Å². The third kappa shape index (κ3) is 4.17. The van der Waals surface area contributed by atoms with Crippen molar-refractivity contribution in [1.82, 2.24) is 4.90 Å². The van der Waals surface area contributed by atoms with Crippen molar-refractivity contribution in [3.63, 3.8) is 0 Å². The molecule has 1 atom stereocenters. The van der Waals surface area contributed by atoms with Crippen LogP contribution < -0.4 is 14.4 Å². The van der Waals surface area contributed by atoms with E-state index in [0.29, 0.717) is 61.6 Å². The van der Waals surface area contributed by atoms with Crippen molar-refractivity contribution in [1.29, 1.82) is 0 Å². The lowest BCUT2D eigenvalue weighted by molar-refractivity contribution is -0.139. The lowest BCUT2D eigenvalue weighted by Crippen LogP contribution is -2.53. The number of fused-ring (bicyclic) bond motifs is 1. The second kappa shape index (κ2) is 8.70. The molecule has 2 aromatic rings. The van der Waals surface area contributed by atoms with Crippen molar-refractivity contribution < 1.29 is 23.9 Å². The second-order valence-electron chi connectivity index (χ2n) is 10.2. The number of ketones is 1. The van der Waals surface area contributed by atoms with E-state index in [9.17, 15) is 14.4 Å². The number of methoxy groups -OCH3 is 1. The van der Waals surface area contributed by atoms with Crippen LogP contribution in [0.4, 0.5) is 5.69 Å². The summed E-state index contributed by atoms with van der Waals surface area (Å²) in [5.41, 5.74) is 4.02. The van der Waals surface area contributed by atoms with Gasteiger partial charge in [0.05, 0.1) is 30.7 Å². The number of carbonyl (C=O) groups is 3. The maximum atomic E-state index is 13.4. The fourth-order valence-corrected chi connectivity index (χ4v) is 5.54. The molecular weight excluding hydrogens is 444 g/mol. The first-order chi connectivity index (χ1) is 16.7. The van der Waals surface area contributed by atoms with E-state index < -0.39 is 5.60 Å². The molecule has 1 spiro atoms. The number of hydrogen-bond acceptors (Lipinski definition) is 5. The largest absolute Gasteiger partial charge is 0.495 e. The highest BCUT2D eigenvalue weighted by Gasteiger charge is 2.45. The number of piperidine rings is 1. The van der Waals surface area contributed by atoms with Gasteiger partial charge in [-0.05, 0) is 61.7 Å². The first-order valence-electron chi connectivity index (χ1n) is 12.3. The zero-order valence-electron chi connectivity index (χ0n) is 20.8. The lowest BCUT2D eigenvalue weighted by atomic mass is 9.81. The van der Waals surface area contributed by atoms with Gasteiger partial charge in [0.25, 0.3) is 0 Å². The number of ether oxygens (including phenoxy) is 2. The van der Waals surface area contributed by atoms with E-state index in [-0.39, 0.29) is 29.9 Å². The fourth-order valence-electron chi connectivity index (χ4n) is 5.54. The Labute approximate surface area is 206 Å². The normalized spacial score (nSPS) is 21.2. The van der Waals surface area contributed by atoms with Crippen LogP contribution in [0.2, 0.25) is 0 Å². The van der Waals surface area contributed by atoms with Crippen molar-refractivity contribution >= 4 is 23.3 Å². The van der Waals surface area contributed by atoms with Gasteiger partial charge >= 0.3 is 0 Å². The van der Waals surface area contributed by atoms with E-state index in [4.69, 9.17) is 9.47 Å². The second-order valence-corrected chi connectivity index (χ2v) is 10.2. The number of anilines is 1. The maximum absolute atomic E-state index is 13.4. The van der Waals surface area contributed by atoms with Crippen molar-refractivity contribution in [3.05, 3.63) is 52.6 Å². The summed E-state index contributed by atoms with van der Waals surface area (Å²) >= 11 is 0. The van der Waals surface area contributed by atoms with Crippen molar-refractivity contribution in [2.24, 2.45) is 5.92 Å². The molecule has 7 heteroatoms. The Balaban J connectivity index is 1.26. The molecule has 3 heterocycles. The SMILES string of the molecule is COc1ccc(C)cc1N1CC(C(=O)N2CCC3(CC2)CC(=O)c2cc(C)c(C)cc2O3)CC1=O. The zero-order chi connectivity index (χ0) is 24.9. The highest BCUT2D eigenvalue weighted by Crippen LogP contribution is 2.41. The number of likely N-dealkylation sites (tertiary alicyclic amines) is 1. The number of benzene rings is 2. The lowest BCUT2D eigenvalue weighted by Gasteiger charge is -2.44. The molecule has 2 fully saturated rings. The Bertz CT molecular complexity index is 1210. The Kier molecular flexibility index (Phi) is 5.82. The van der Waals surface area contributed by atoms with Crippen LogP contribution in [0.15, 0.2) is 30.3 Å². The van der Waals surface area contributed by atoms with Crippen LogP contribution in [0, 0.1) is 26.7 Å². The molecule has 2 aromatic carbocycles. The summed E-state index contributed by atoms with van der Waals surface area (Å²) < 4.78 is 11.9. The summed E-state index contributed by atoms with van der Waals surface area (Å²) in [5, 5.41) is 0. The first-order valence-corrected chi connectivity index (χ1v) is 12.3. The van der Waals surface area contributed by atoms with Gasteiger partial charge in [-0.3, -0.25) is 14.4 Å². The van der Waals surface area contributed by atoms with E-state index in [0.717, 1.165) is 16.7 Å². The molecule has 0 N–H and O–H groups in total. The van der Waals surface area contributed by atoms with Gasteiger partial charge in [-0.15, -0.1) is 0 Å². The van der Waals surface area contributed by atoms with Crippen LogP contribution in [0.3, 0.4) is 0 Å². The summed E-state index contributed by atoms with van der Waals surface area (Å²) in [6.45, 7) is 7.37. The van der Waals surface area contributed by atoms with Crippen LogP contribution in [-0.4, -0.2) is 54.8 Å². The van der Waals surface area contributed by atoms with Gasteiger partial charge in [0.2, 0.25) is 11.8 Å². The topological polar surface area (TPSA) is 76.2 Å². The molecule has 35 heavy (non-hydrogen) atoms. The minimum Gasteiger partial charge on any atom is -0.495 e. The number of rotatable bonds is 3. The number of nitrogens with zero attached hydrogens (tertiary/aromatic N) is 2. The van der Waals surface area contributed by atoms with Gasteiger partial charge < -0.3 is 19.3 Å². The summed E-state index contributed by atoms with van der Waals surface area (Å²) in [6.07, 6.45) is 1.74. The van der Waals surface area contributed by atoms with Crippen molar-refractivity contribution in [3.8, 4) is 11.5 Å². The number of hydrogen-bond donors (Lipinski definition) is 0. The van der Waals surface area contributed by atoms with Crippen LogP contribution in [0.25, 0.3) is 0 Å². The Hall–Kier alpha value is -3.35. The Morgan fingerprint density at radius 3 is 2.49 bits per heavy atom. The van der Waals surface area contributed by atoms with Crippen molar-refractivity contribution in [2.75, 3.05) is 31.6 Å². The number of carbonyl (C=O) groups excluding carboxylic acids is 3. The average molecular weight is 477 g/mol. The molecule has 184 valence electrons. The fraction of sp³-hybridized carbons (Fsp3) is 0.464. The monoisotopic (exact) mass is 476 g/mol. The predicted octanol–water partition coefficient (Wildman–Crippen LogP) is 4.00. The van der Waals surface area contributed by atoms with Crippen molar-refractivity contribution in [2.45, 2.75) is 52.1 Å². The first kappa shape index (κ1) is 23.4. The van der Waals surface area contributed by atoms with E-state index in [1.54, 1.807) is 12.0 Å². The van der Waals surface area contributed by atoms with Crippen LogP contribution in [0.5, 0.6) is 11.5 Å². The van der Waals surface area contributed by atoms with E-state index in [1.165, 1.54) is 0 Å². The van der Waals surface area contributed by atoms with Crippen LogP contribution >= 0.6 is 0 Å². The minimum absolute atomic E-state index is 0.00340. The van der Waals surface area contributed by atoms with Gasteiger partial charge in [-0.2, -0.15) is 0 Å². The standard InChI is InChI=1S/C28H32N2O5/c1-17-5-6-24(34-4)22(11-17)30-16-20(14-26(30)32)27(33)29-9-7-28(8-10-29)15-23(31)21-12-18(2)19(3)13-25(21)35-28/h5-6,11-13,20H,7-10,14-16H2,1-4H3. The summed E-state index contributed by atoms with van der Waals surface area (Å²) in [5.74, 6) is 0.941. The molecule has 0 aromatic heterocycles. The third-order valence-electron chi connectivity index (χ3n) is 7.79. The van der Waals surface area contributed by atoms with Gasteiger partial charge in [-0.1, -0.05) is 6.07 Å². The summed E-state index contributed by atoms with van der Waals surface area (Å²) in [4.78, 5) is 42.6.